The van der Waals surface area contributed by atoms with Gasteiger partial charge in [-0.2, -0.15) is 0 Å². The number of rotatable bonds is 1. The predicted molar refractivity (Wildman–Crippen MR) is 61.2 cm³/mol. The Hall–Kier alpha value is -0.610. The van der Waals surface area contributed by atoms with Crippen molar-refractivity contribution in [1.82, 2.24) is 10.3 Å². The first kappa shape index (κ1) is 9.93. The van der Waals surface area contributed by atoms with E-state index in [1.807, 2.05) is 0 Å². The fraction of sp³-hybridized carbons (Fsp3) is 0.500. The largest absolute Gasteiger partial charge is 0.383 e. The third-order valence-electron chi connectivity index (χ3n) is 2.65. The molecule has 3 N–H and O–H groups in total. The third-order valence-corrected chi connectivity index (χ3v) is 3.09. The van der Waals surface area contributed by atoms with Crippen molar-refractivity contribution in [2.24, 2.45) is 0 Å². The average molecular weight is 256 g/mol. The summed E-state index contributed by atoms with van der Waals surface area (Å²) in [5.74, 6) is 1.19. The number of hydrogen-bond acceptors (Lipinski definition) is 3. The van der Waals surface area contributed by atoms with Gasteiger partial charge in [-0.1, -0.05) is 0 Å². The molecule has 1 fully saturated rings. The zero-order chi connectivity index (χ0) is 9.97. The summed E-state index contributed by atoms with van der Waals surface area (Å²) in [5.41, 5.74) is 7.03. The lowest BCUT2D eigenvalue weighted by Gasteiger charge is -2.23. The van der Waals surface area contributed by atoms with Gasteiger partial charge in [0.25, 0.3) is 0 Å². The Morgan fingerprint density at radius 3 is 3.14 bits per heavy atom. The second kappa shape index (κ2) is 4.28. The van der Waals surface area contributed by atoms with Crippen LogP contribution in [0, 0.1) is 0 Å². The SMILES string of the molecule is Nc1ncc(Br)cc1C1CCCNC1. The maximum atomic E-state index is 5.86. The highest BCUT2D eigenvalue weighted by molar-refractivity contribution is 9.10. The van der Waals surface area contributed by atoms with Crippen LogP contribution >= 0.6 is 15.9 Å². The van der Waals surface area contributed by atoms with Crippen molar-refractivity contribution in [2.45, 2.75) is 18.8 Å². The number of piperidine rings is 1. The Kier molecular flexibility index (Phi) is 3.03. The van der Waals surface area contributed by atoms with Gasteiger partial charge in [-0.25, -0.2) is 4.98 Å². The fourth-order valence-electron chi connectivity index (χ4n) is 1.91. The second-order valence-corrected chi connectivity index (χ2v) is 4.59. The molecule has 2 rings (SSSR count). The van der Waals surface area contributed by atoms with Crippen LogP contribution in [-0.2, 0) is 0 Å². The molecule has 1 aromatic heterocycles. The molecule has 0 saturated carbocycles. The van der Waals surface area contributed by atoms with Gasteiger partial charge in [0.05, 0.1) is 0 Å². The minimum Gasteiger partial charge on any atom is -0.383 e. The molecule has 0 amide bonds. The Bertz CT molecular complexity index is 321. The van der Waals surface area contributed by atoms with Crippen molar-refractivity contribution in [3.05, 3.63) is 22.3 Å². The first-order chi connectivity index (χ1) is 6.77. The topological polar surface area (TPSA) is 50.9 Å². The van der Waals surface area contributed by atoms with E-state index in [9.17, 15) is 0 Å². The fourth-order valence-corrected chi connectivity index (χ4v) is 2.26. The zero-order valence-electron chi connectivity index (χ0n) is 7.96. The quantitative estimate of drug-likeness (QED) is 0.806. The van der Waals surface area contributed by atoms with E-state index >= 15 is 0 Å². The summed E-state index contributed by atoms with van der Waals surface area (Å²) >= 11 is 3.42. The molecule has 0 bridgehead atoms. The van der Waals surface area contributed by atoms with Gasteiger partial charge < -0.3 is 11.1 Å². The summed E-state index contributed by atoms with van der Waals surface area (Å²) < 4.78 is 1.01. The Labute approximate surface area is 92.2 Å². The molecule has 3 nitrogen and oxygen atoms in total. The maximum Gasteiger partial charge on any atom is 0.126 e. The molecule has 1 aromatic rings. The van der Waals surface area contributed by atoms with E-state index in [2.05, 4.69) is 32.3 Å². The molecular weight excluding hydrogens is 242 g/mol. The lowest BCUT2D eigenvalue weighted by Crippen LogP contribution is -2.28. The number of hydrogen-bond donors (Lipinski definition) is 2. The van der Waals surface area contributed by atoms with Crippen molar-refractivity contribution in [3.8, 4) is 0 Å². The van der Waals surface area contributed by atoms with E-state index in [0.717, 1.165) is 17.6 Å². The molecule has 14 heavy (non-hydrogen) atoms. The maximum absolute atomic E-state index is 5.86. The minimum atomic E-state index is 0.522. The third kappa shape index (κ3) is 2.07. The number of nitrogens with one attached hydrogen (secondary N) is 1. The van der Waals surface area contributed by atoms with Gasteiger partial charge in [0.2, 0.25) is 0 Å². The smallest absolute Gasteiger partial charge is 0.126 e. The summed E-state index contributed by atoms with van der Waals surface area (Å²) in [6, 6.07) is 2.08. The second-order valence-electron chi connectivity index (χ2n) is 3.67. The molecule has 0 aromatic carbocycles. The number of nitrogens with two attached hydrogens (primary N) is 1. The van der Waals surface area contributed by atoms with Crippen LogP contribution in [-0.4, -0.2) is 18.1 Å². The highest BCUT2D eigenvalue weighted by atomic mass is 79.9. The van der Waals surface area contributed by atoms with E-state index < -0.39 is 0 Å². The molecule has 4 heteroatoms. The van der Waals surface area contributed by atoms with Crippen molar-refractivity contribution < 1.29 is 0 Å². The lowest BCUT2D eigenvalue weighted by molar-refractivity contribution is 0.462. The Morgan fingerprint density at radius 1 is 1.57 bits per heavy atom. The molecule has 0 radical (unpaired) electrons. The lowest BCUT2D eigenvalue weighted by atomic mass is 9.92. The van der Waals surface area contributed by atoms with Crippen LogP contribution in [0.25, 0.3) is 0 Å². The van der Waals surface area contributed by atoms with Gasteiger partial charge in [-0.05, 0) is 46.9 Å². The van der Waals surface area contributed by atoms with Gasteiger partial charge in [0.1, 0.15) is 5.82 Å². The van der Waals surface area contributed by atoms with Gasteiger partial charge in [-0.3, -0.25) is 0 Å². The van der Waals surface area contributed by atoms with Gasteiger partial charge in [0.15, 0.2) is 0 Å². The summed E-state index contributed by atoms with van der Waals surface area (Å²) in [6.45, 7) is 2.14. The summed E-state index contributed by atoms with van der Waals surface area (Å²) in [5, 5.41) is 3.38. The standard InChI is InChI=1S/C10H14BrN3/c11-8-4-9(10(12)14-6-8)7-2-1-3-13-5-7/h4,6-7,13H,1-3,5H2,(H2,12,14). The van der Waals surface area contributed by atoms with Crippen LogP contribution in [0.3, 0.4) is 0 Å². The monoisotopic (exact) mass is 255 g/mol. The van der Waals surface area contributed by atoms with Gasteiger partial charge >= 0.3 is 0 Å². The Balaban J connectivity index is 2.24. The zero-order valence-corrected chi connectivity index (χ0v) is 9.55. The van der Waals surface area contributed by atoms with Gasteiger partial charge in [0, 0.05) is 23.1 Å². The van der Waals surface area contributed by atoms with E-state index in [0.29, 0.717) is 11.7 Å². The van der Waals surface area contributed by atoms with Crippen molar-refractivity contribution in [1.29, 1.82) is 0 Å². The average Bonchev–Trinajstić information content (AvgIpc) is 2.23. The molecule has 76 valence electrons. The van der Waals surface area contributed by atoms with Crippen LogP contribution in [0.4, 0.5) is 5.82 Å². The highest BCUT2D eigenvalue weighted by Gasteiger charge is 2.18. The van der Waals surface area contributed by atoms with Crippen LogP contribution < -0.4 is 11.1 Å². The molecule has 2 heterocycles. The number of halogens is 1. The predicted octanol–water partition coefficient (Wildman–Crippen LogP) is 1.89. The molecule has 0 aliphatic carbocycles. The summed E-state index contributed by atoms with van der Waals surface area (Å²) in [7, 11) is 0. The number of anilines is 1. The van der Waals surface area contributed by atoms with Crippen molar-refractivity contribution >= 4 is 21.7 Å². The molecule has 1 aliphatic rings. The van der Waals surface area contributed by atoms with Crippen LogP contribution in [0.5, 0.6) is 0 Å². The molecule has 1 aliphatic heterocycles. The summed E-state index contributed by atoms with van der Waals surface area (Å²) in [4.78, 5) is 4.16. The van der Waals surface area contributed by atoms with E-state index in [4.69, 9.17) is 5.73 Å². The van der Waals surface area contributed by atoms with E-state index in [-0.39, 0.29) is 0 Å². The van der Waals surface area contributed by atoms with Crippen LogP contribution in [0.2, 0.25) is 0 Å². The van der Waals surface area contributed by atoms with Crippen LogP contribution in [0.1, 0.15) is 24.3 Å². The van der Waals surface area contributed by atoms with Crippen LogP contribution in [0.15, 0.2) is 16.7 Å². The van der Waals surface area contributed by atoms with Crippen molar-refractivity contribution in [3.63, 3.8) is 0 Å². The highest BCUT2D eigenvalue weighted by Crippen LogP contribution is 2.28. The first-order valence-electron chi connectivity index (χ1n) is 4.89. The van der Waals surface area contributed by atoms with E-state index in [1.54, 1.807) is 6.20 Å². The first-order valence-corrected chi connectivity index (χ1v) is 5.68. The molecule has 0 spiro atoms. The van der Waals surface area contributed by atoms with Crippen molar-refractivity contribution in [2.75, 3.05) is 18.8 Å². The van der Waals surface area contributed by atoms with Gasteiger partial charge in [-0.15, -0.1) is 0 Å². The molecule has 1 saturated heterocycles. The Morgan fingerprint density at radius 2 is 2.43 bits per heavy atom. The number of aromatic nitrogens is 1. The molecule has 1 unspecified atom stereocenters. The number of pyridine rings is 1. The normalized spacial score (nSPS) is 22.2. The summed E-state index contributed by atoms with van der Waals surface area (Å²) in [6.07, 6.45) is 4.17. The number of nitrogen functional groups attached to an aromatic ring is 1. The number of nitrogens with zero attached hydrogens (tertiary/aromatic N) is 1. The molecule has 1 atom stereocenters. The molecular formula is C10H14BrN3. The van der Waals surface area contributed by atoms with E-state index in [1.165, 1.54) is 18.4 Å². The minimum absolute atomic E-state index is 0.522.